The fourth-order valence-electron chi connectivity index (χ4n) is 6.20. The maximum absolute atomic E-state index is 14.2. The normalized spacial score (nSPS) is 21.4. The lowest BCUT2D eigenvalue weighted by atomic mass is 9.82. The standard InChI is InChI=1S/C33H35FN2O6/c1-3-19-13-23(34)14-20(4-2)31(19)35-29(37)17-36-16-26(22-7-12-27-28(15-22)41-18-40-27)30(33(38)39)32(36)21-5-8-24(9-6-21)42-25-10-11-25/h5-9,12-15,25-26,30,32H,3-4,10-11,16-18H2,1-2H3,(H,35,37)(H,38,39)/t26-,30?,32+/m1/s1. The van der Waals surface area contributed by atoms with Crippen molar-refractivity contribution in [3.05, 3.63) is 82.7 Å². The van der Waals surface area contributed by atoms with E-state index in [0.29, 0.717) is 36.6 Å². The molecule has 8 nitrogen and oxygen atoms in total. The number of carboxylic acid groups (broad SMARTS) is 1. The Labute approximate surface area is 244 Å². The number of amides is 1. The zero-order valence-electron chi connectivity index (χ0n) is 23.8. The van der Waals surface area contributed by atoms with Gasteiger partial charge in [0.25, 0.3) is 0 Å². The first-order valence-electron chi connectivity index (χ1n) is 14.6. The molecule has 1 unspecified atom stereocenters. The van der Waals surface area contributed by atoms with Gasteiger partial charge in [0.1, 0.15) is 11.6 Å². The molecule has 0 radical (unpaired) electrons. The molecule has 0 aromatic heterocycles. The van der Waals surface area contributed by atoms with Crippen molar-refractivity contribution < 1.29 is 33.3 Å². The molecule has 42 heavy (non-hydrogen) atoms. The molecular formula is C33H35FN2O6. The zero-order valence-corrected chi connectivity index (χ0v) is 23.8. The van der Waals surface area contributed by atoms with Crippen LogP contribution >= 0.6 is 0 Å². The summed E-state index contributed by atoms with van der Waals surface area (Å²) in [6.07, 6.45) is 3.46. The van der Waals surface area contributed by atoms with Crippen molar-refractivity contribution in [2.75, 3.05) is 25.2 Å². The van der Waals surface area contributed by atoms with Crippen molar-refractivity contribution >= 4 is 17.6 Å². The first-order valence-corrected chi connectivity index (χ1v) is 14.6. The lowest BCUT2D eigenvalue weighted by Crippen LogP contribution is -2.35. The van der Waals surface area contributed by atoms with Crippen LogP contribution in [0.25, 0.3) is 0 Å². The number of carbonyl (C=O) groups excluding carboxylic acids is 1. The molecule has 0 spiro atoms. The van der Waals surface area contributed by atoms with Crippen LogP contribution in [0.1, 0.15) is 60.9 Å². The molecule has 1 saturated carbocycles. The molecule has 3 aliphatic rings. The number of fused-ring (bicyclic) bond motifs is 1. The van der Waals surface area contributed by atoms with Gasteiger partial charge >= 0.3 is 5.97 Å². The number of aliphatic carboxylic acids is 1. The van der Waals surface area contributed by atoms with E-state index >= 15 is 0 Å². The van der Waals surface area contributed by atoms with E-state index in [1.807, 2.05) is 55.1 Å². The third-order valence-electron chi connectivity index (χ3n) is 8.40. The number of nitrogens with one attached hydrogen (secondary N) is 1. The van der Waals surface area contributed by atoms with Crippen molar-refractivity contribution in [2.45, 2.75) is 57.6 Å². The molecule has 2 aliphatic heterocycles. The van der Waals surface area contributed by atoms with Gasteiger partial charge in [-0.3, -0.25) is 14.5 Å². The molecule has 220 valence electrons. The van der Waals surface area contributed by atoms with E-state index in [1.54, 1.807) is 6.07 Å². The highest BCUT2D eigenvalue weighted by Gasteiger charge is 2.48. The van der Waals surface area contributed by atoms with E-state index in [-0.39, 0.29) is 31.2 Å². The predicted molar refractivity (Wildman–Crippen MR) is 155 cm³/mol. The topological polar surface area (TPSA) is 97.3 Å². The van der Waals surface area contributed by atoms with E-state index in [0.717, 1.165) is 40.8 Å². The quantitative estimate of drug-likeness (QED) is 0.321. The van der Waals surface area contributed by atoms with Crippen molar-refractivity contribution in [1.82, 2.24) is 4.90 Å². The fraction of sp³-hybridized carbons (Fsp3) is 0.394. The van der Waals surface area contributed by atoms with Crippen LogP contribution in [0.2, 0.25) is 0 Å². The second kappa shape index (κ2) is 11.6. The van der Waals surface area contributed by atoms with Crippen LogP contribution in [0.15, 0.2) is 54.6 Å². The van der Waals surface area contributed by atoms with Gasteiger partial charge in [0, 0.05) is 24.2 Å². The van der Waals surface area contributed by atoms with Crippen LogP contribution in [-0.2, 0) is 22.4 Å². The van der Waals surface area contributed by atoms with Crippen LogP contribution in [0, 0.1) is 11.7 Å². The lowest BCUT2D eigenvalue weighted by Gasteiger charge is -2.27. The summed E-state index contributed by atoms with van der Waals surface area (Å²) in [6.45, 7) is 4.28. The summed E-state index contributed by atoms with van der Waals surface area (Å²) in [4.78, 5) is 28.4. The molecule has 1 amide bonds. The van der Waals surface area contributed by atoms with Gasteiger partial charge in [-0.15, -0.1) is 0 Å². The number of halogens is 1. The van der Waals surface area contributed by atoms with Gasteiger partial charge in [0.15, 0.2) is 11.5 Å². The third-order valence-corrected chi connectivity index (χ3v) is 8.40. The predicted octanol–water partition coefficient (Wildman–Crippen LogP) is 5.70. The Morgan fingerprint density at radius 1 is 0.976 bits per heavy atom. The summed E-state index contributed by atoms with van der Waals surface area (Å²) >= 11 is 0. The van der Waals surface area contributed by atoms with Gasteiger partial charge < -0.3 is 24.6 Å². The second-order valence-corrected chi connectivity index (χ2v) is 11.2. The van der Waals surface area contributed by atoms with Crippen molar-refractivity contribution in [1.29, 1.82) is 0 Å². The third kappa shape index (κ3) is 5.66. The van der Waals surface area contributed by atoms with Crippen LogP contribution in [0.4, 0.5) is 10.1 Å². The number of carbonyl (C=O) groups is 2. The Hall–Kier alpha value is -4.11. The summed E-state index contributed by atoms with van der Waals surface area (Å²) in [7, 11) is 0. The Morgan fingerprint density at radius 3 is 2.29 bits per heavy atom. The average molecular weight is 575 g/mol. The van der Waals surface area contributed by atoms with Gasteiger partial charge in [0.05, 0.1) is 18.6 Å². The minimum atomic E-state index is -0.941. The molecule has 6 rings (SSSR count). The summed E-state index contributed by atoms with van der Waals surface area (Å²) in [5, 5.41) is 13.6. The fourth-order valence-corrected chi connectivity index (χ4v) is 6.20. The molecule has 0 bridgehead atoms. The molecule has 2 fully saturated rings. The first-order chi connectivity index (χ1) is 20.3. The average Bonchev–Trinajstić information content (AvgIpc) is 3.52. The molecule has 3 aromatic carbocycles. The highest BCUT2D eigenvalue weighted by Crippen LogP contribution is 2.48. The molecule has 2 N–H and O–H groups in total. The summed E-state index contributed by atoms with van der Waals surface area (Å²) in [5.74, 6) is -0.812. The summed E-state index contributed by atoms with van der Waals surface area (Å²) in [5.41, 5.74) is 3.70. The number of hydrogen-bond donors (Lipinski definition) is 2. The minimum Gasteiger partial charge on any atom is -0.490 e. The number of aryl methyl sites for hydroxylation is 2. The number of carboxylic acids is 1. The van der Waals surface area contributed by atoms with E-state index < -0.39 is 23.8 Å². The van der Waals surface area contributed by atoms with Crippen molar-refractivity contribution in [3.8, 4) is 17.2 Å². The molecule has 2 heterocycles. The van der Waals surface area contributed by atoms with E-state index in [9.17, 15) is 19.1 Å². The summed E-state index contributed by atoms with van der Waals surface area (Å²) < 4.78 is 31.1. The number of benzene rings is 3. The molecule has 3 atom stereocenters. The lowest BCUT2D eigenvalue weighted by molar-refractivity contribution is -0.143. The van der Waals surface area contributed by atoms with Gasteiger partial charge in [-0.05, 0) is 84.3 Å². The maximum Gasteiger partial charge on any atom is 0.309 e. The summed E-state index contributed by atoms with van der Waals surface area (Å²) in [6, 6.07) is 15.4. The molecule has 1 saturated heterocycles. The van der Waals surface area contributed by atoms with Crippen LogP contribution < -0.4 is 19.5 Å². The van der Waals surface area contributed by atoms with Crippen LogP contribution in [-0.4, -0.2) is 47.9 Å². The van der Waals surface area contributed by atoms with Gasteiger partial charge in [-0.2, -0.15) is 0 Å². The Kier molecular flexibility index (Phi) is 7.77. The second-order valence-electron chi connectivity index (χ2n) is 11.2. The highest BCUT2D eigenvalue weighted by atomic mass is 19.1. The molecular weight excluding hydrogens is 539 g/mol. The van der Waals surface area contributed by atoms with Crippen LogP contribution in [0.5, 0.6) is 17.2 Å². The number of hydrogen-bond acceptors (Lipinski definition) is 6. The smallest absolute Gasteiger partial charge is 0.309 e. The maximum atomic E-state index is 14.2. The highest BCUT2D eigenvalue weighted by molar-refractivity contribution is 5.94. The largest absolute Gasteiger partial charge is 0.490 e. The van der Waals surface area contributed by atoms with Crippen molar-refractivity contribution in [2.24, 2.45) is 5.92 Å². The SMILES string of the molecule is CCc1cc(F)cc(CC)c1NC(=O)CN1C[C@H](c2ccc3c(c2)OCO3)C(C(=O)O)[C@@H]1c1ccc(OC2CC2)cc1. The number of rotatable bonds is 10. The monoisotopic (exact) mass is 574 g/mol. The molecule has 3 aromatic rings. The minimum absolute atomic E-state index is 0.0283. The Morgan fingerprint density at radius 2 is 1.64 bits per heavy atom. The van der Waals surface area contributed by atoms with Gasteiger partial charge in [-0.25, -0.2) is 4.39 Å². The number of likely N-dealkylation sites (tertiary alicyclic amines) is 1. The first kappa shape index (κ1) is 28.0. The van der Waals surface area contributed by atoms with E-state index in [2.05, 4.69) is 5.32 Å². The van der Waals surface area contributed by atoms with Crippen LogP contribution in [0.3, 0.4) is 0 Å². The zero-order chi connectivity index (χ0) is 29.4. The van der Waals surface area contributed by atoms with Gasteiger partial charge in [-0.1, -0.05) is 32.0 Å². The number of anilines is 1. The molecule has 1 aliphatic carbocycles. The number of ether oxygens (including phenoxy) is 3. The molecule has 9 heteroatoms. The van der Waals surface area contributed by atoms with E-state index in [4.69, 9.17) is 14.2 Å². The Balaban J connectivity index is 1.32. The Bertz CT molecular complexity index is 1460. The van der Waals surface area contributed by atoms with Crippen molar-refractivity contribution in [3.63, 3.8) is 0 Å². The van der Waals surface area contributed by atoms with E-state index in [1.165, 1.54) is 12.1 Å². The van der Waals surface area contributed by atoms with Gasteiger partial charge in [0.2, 0.25) is 12.7 Å². The number of nitrogens with zero attached hydrogens (tertiary/aromatic N) is 1.